The minimum Gasteiger partial charge on any atom is -0.438 e. The van der Waals surface area contributed by atoms with Gasteiger partial charge in [0.1, 0.15) is 5.75 Å². The Morgan fingerprint density at radius 3 is 2.74 bits per heavy atom. The number of pyridine rings is 1. The first-order chi connectivity index (χ1) is 15.0. The first kappa shape index (κ1) is 20.2. The van der Waals surface area contributed by atoms with Crippen molar-refractivity contribution in [3.05, 3.63) is 77.5 Å². The van der Waals surface area contributed by atoms with Crippen molar-refractivity contribution in [2.75, 3.05) is 5.32 Å². The van der Waals surface area contributed by atoms with Gasteiger partial charge in [0.2, 0.25) is 11.7 Å². The Morgan fingerprint density at radius 1 is 1.10 bits per heavy atom. The van der Waals surface area contributed by atoms with Crippen LogP contribution in [-0.2, 0) is 0 Å². The number of H-pyrrole nitrogens is 1. The van der Waals surface area contributed by atoms with E-state index in [0.717, 1.165) is 16.8 Å². The zero-order chi connectivity index (χ0) is 21.8. The van der Waals surface area contributed by atoms with Crippen molar-refractivity contribution >= 4 is 11.6 Å². The molecule has 0 fully saturated rings. The summed E-state index contributed by atoms with van der Waals surface area (Å²) in [7, 11) is 0. The van der Waals surface area contributed by atoms with E-state index < -0.39 is 0 Å². The molecule has 2 heterocycles. The van der Waals surface area contributed by atoms with Crippen molar-refractivity contribution in [3.63, 3.8) is 0 Å². The summed E-state index contributed by atoms with van der Waals surface area (Å²) in [6.45, 7) is 6.13. The molecule has 156 valence electrons. The molecule has 4 rings (SSSR count). The third-order valence-corrected chi connectivity index (χ3v) is 4.83. The van der Waals surface area contributed by atoms with Gasteiger partial charge < -0.3 is 10.1 Å². The Kier molecular flexibility index (Phi) is 5.70. The van der Waals surface area contributed by atoms with Crippen LogP contribution in [0.4, 0.5) is 5.69 Å². The predicted molar refractivity (Wildman–Crippen MR) is 117 cm³/mol. The van der Waals surface area contributed by atoms with Gasteiger partial charge in [-0.25, -0.2) is 4.98 Å². The second kappa shape index (κ2) is 8.74. The number of carbonyl (C=O) groups is 1. The lowest BCUT2D eigenvalue weighted by Gasteiger charge is -2.13. The third kappa shape index (κ3) is 4.58. The van der Waals surface area contributed by atoms with Gasteiger partial charge in [-0.05, 0) is 65.6 Å². The van der Waals surface area contributed by atoms with Gasteiger partial charge in [-0.1, -0.05) is 32.0 Å². The summed E-state index contributed by atoms with van der Waals surface area (Å²) < 4.78 is 6.04. The first-order valence-electron chi connectivity index (χ1n) is 9.90. The number of aromatic nitrogens is 5. The van der Waals surface area contributed by atoms with E-state index in [2.05, 4.69) is 44.8 Å². The van der Waals surface area contributed by atoms with Crippen LogP contribution in [0.1, 0.15) is 41.3 Å². The number of hydrogen-bond donors (Lipinski definition) is 2. The maximum Gasteiger partial charge on any atom is 0.255 e. The van der Waals surface area contributed by atoms with Crippen molar-refractivity contribution in [2.45, 2.75) is 26.7 Å². The second-order valence-electron chi connectivity index (χ2n) is 7.41. The average molecular weight is 414 g/mol. The molecule has 2 aromatic carbocycles. The lowest BCUT2D eigenvalue weighted by atomic mass is 10.0. The molecule has 0 spiro atoms. The maximum atomic E-state index is 12.9. The number of aryl methyl sites for hydroxylation is 1. The smallest absolute Gasteiger partial charge is 0.255 e. The lowest BCUT2D eigenvalue weighted by Crippen LogP contribution is -2.12. The first-order valence-corrected chi connectivity index (χ1v) is 9.90. The van der Waals surface area contributed by atoms with Crippen molar-refractivity contribution in [1.82, 2.24) is 25.6 Å². The van der Waals surface area contributed by atoms with E-state index >= 15 is 0 Å². The van der Waals surface area contributed by atoms with Gasteiger partial charge in [0.15, 0.2) is 0 Å². The van der Waals surface area contributed by atoms with Crippen molar-refractivity contribution < 1.29 is 9.53 Å². The van der Waals surface area contributed by atoms with Gasteiger partial charge in [-0.2, -0.15) is 5.21 Å². The number of rotatable bonds is 6. The molecule has 0 aliphatic rings. The van der Waals surface area contributed by atoms with Crippen LogP contribution in [0.15, 0.2) is 60.8 Å². The van der Waals surface area contributed by atoms with E-state index in [9.17, 15) is 4.79 Å². The average Bonchev–Trinajstić information content (AvgIpc) is 3.30. The number of hydrogen-bond acceptors (Lipinski definition) is 6. The highest BCUT2D eigenvalue weighted by Gasteiger charge is 2.15. The Hall–Kier alpha value is -4.07. The summed E-state index contributed by atoms with van der Waals surface area (Å²) in [4.78, 5) is 17.1. The Morgan fingerprint density at radius 2 is 1.97 bits per heavy atom. The number of ether oxygens (including phenoxy) is 1. The Labute approximate surface area is 179 Å². The van der Waals surface area contributed by atoms with Crippen molar-refractivity contribution in [2.24, 2.45) is 0 Å². The molecule has 2 N–H and O–H groups in total. The van der Waals surface area contributed by atoms with Crippen LogP contribution >= 0.6 is 0 Å². The number of aromatic amines is 1. The van der Waals surface area contributed by atoms with Gasteiger partial charge in [0, 0.05) is 17.4 Å². The van der Waals surface area contributed by atoms with Gasteiger partial charge in [0.25, 0.3) is 5.91 Å². The van der Waals surface area contributed by atoms with Gasteiger partial charge in [-0.3, -0.25) is 4.79 Å². The van der Waals surface area contributed by atoms with E-state index in [4.69, 9.17) is 4.74 Å². The zero-order valence-electron chi connectivity index (χ0n) is 17.5. The van der Waals surface area contributed by atoms with Gasteiger partial charge >= 0.3 is 0 Å². The van der Waals surface area contributed by atoms with E-state index in [-0.39, 0.29) is 5.91 Å². The van der Waals surface area contributed by atoms with Crippen LogP contribution in [0, 0.1) is 6.92 Å². The predicted octanol–water partition coefficient (Wildman–Crippen LogP) is 4.74. The maximum absolute atomic E-state index is 12.9. The summed E-state index contributed by atoms with van der Waals surface area (Å²) in [5.74, 6) is 1.38. The fourth-order valence-corrected chi connectivity index (χ4v) is 3.05. The zero-order valence-corrected chi connectivity index (χ0v) is 17.5. The van der Waals surface area contributed by atoms with Crippen LogP contribution in [0.3, 0.4) is 0 Å². The second-order valence-corrected chi connectivity index (χ2v) is 7.41. The minimum absolute atomic E-state index is 0.217. The molecular weight excluding hydrogens is 392 g/mol. The normalized spacial score (nSPS) is 10.8. The highest BCUT2D eigenvalue weighted by Crippen LogP contribution is 2.31. The molecule has 0 atom stereocenters. The number of benzene rings is 2. The SMILES string of the molecule is Cc1ccc(C(=O)Nc2cccc(C(C)C)c2)cc1Oc1ncccc1-c1nn[nH]n1. The van der Waals surface area contributed by atoms with E-state index in [1.807, 2.05) is 37.3 Å². The molecule has 4 aromatic rings. The van der Waals surface area contributed by atoms with Gasteiger partial charge in [0.05, 0.1) is 5.56 Å². The molecule has 0 radical (unpaired) electrons. The standard InChI is InChI=1S/C23H22N6O2/c1-14(2)16-6-4-7-18(12-16)25-22(30)17-10-9-15(3)20(13-17)31-23-19(8-5-11-24-23)21-26-28-29-27-21/h4-14H,1-3H3,(H,25,30)(H,26,27,28,29). The molecule has 31 heavy (non-hydrogen) atoms. The van der Waals surface area contributed by atoms with Crippen LogP contribution < -0.4 is 10.1 Å². The summed E-state index contributed by atoms with van der Waals surface area (Å²) in [6, 6.07) is 16.7. The van der Waals surface area contributed by atoms with E-state index in [0.29, 0.717) is 34.5 Å². The molecule has 2 aromatic heterocycles. The quantitative estimate of drug-likeness (QED) is 0.472. The van der Waals surface area contributed by atoms with Crippen LogP contribution in [0.2, 0.25) is 0 Å². The molecule has 0 aliphatic carbocycles. The largest absolute Gasteiger partial charge is 0.438 e. The molecular formula is C23H22N6O2. The summed E-state index contributed by atoms with van der Waals surface area (Å²) >= 11 is 0. The highest BCUT2D eigenvalue weighted by atomic mass is 16.5. The van der Waals surface area contributed by atoms with E-state index in [1.54, 1.807) is 30.5 Å². The van der Waals surface area contributed by atoms with Crippen LogP contribution in [0.25, 0.3) is 11.4 Å². The van der Waals surface area contributed by atoms with Crippen LogP contribution in [-0.4, -0.2) is 31.5 Å². The molecule has 0 unspecified atom stereocenters. The van der Waals surface area contributed by atoms with E-state index in [1.165, 1.54) is 0 Å². The molecule has 1 amide bonds. The topological polar surface area (TPSA) is 106 Å². The van der Waals surface area contributed by atoms with Crippen molar-refractivity contribution in [3.8, 4) is 23.0 Å². The summed E-state index contributed by atoms with van der Waals surface area (Å²) in [6.07, 6.45) is 1.62. The Bertz CT molecular complexity index is 1200. The fourth-order valence-electron chi connectivity index (χ4n) is 3.05. The van der Waals surface area contributed by atoms with Crippen LogP contribution in [0.5, 0.6) is 11.6 Å². The molecule has 0 saturated heterocycles. The number of amides is 1. The number of carbonyl (C=O) groups excluding carboxylic acids is 1. The number of nitrogens with zero attached hydrogens (tertiary/aromatic N) is 4. The summed E-state index contributed by atoms with van der Waals surface area (Å²) in [5, 5.41) is 16.9. The Balaban J connectivity index is 1.58. The highest BCUT2D eigenvalue weighted by molar-refractivity contribution is 6.04. The molecule has 8 nitrogen and oxygen atoms in total. The van der Waals surface area contributed by atoms with Crippen molar-refractivity contribution in [1.29, 1.82) is 0 Å². The fraction of sp³-hybridized carbons (Fsp3) is 0.174. The summed E-state index contributed by atoms with van der Waals surface area (Å²) in [5.41, 5.74) is 3.85. The molecule has 0 aliphatic heterocycles. The number of tetrazole rings is 1. The minimum atomic E-state index is -0.217. The molecule has 8 heteroatoms. The third-order valence-electron chi connectivity index (χ3n) is 4.83. The lowest BCUT2D eigenvalue weighted by molar-refractivity contribution is 0.102. The monoisotopic (exact) mass is 414 g/mol. The van der Waals surface area contributed by atoms with Gasteiger partial charge in [-0.15, -0.1) is 10.2 Å². The number of anilines is 1. The molecule has 0 saturated carbocycles. The molecule has 0 bridgehead atoms. The number of nitrogens with one attached hydrogen (secondary N) is 2.